The standard InChI is InChI=1S/C11H16ClN3O2S/c1-13-11-3-2-9(12)10(14-11)8-15-4-6-18(16,17)7-5-15/h2-3H,4-8H2,1H3,(H,13,14). The van der Waals surface area contributed by atoms with E-state index in [-0.39, 0.29) is 11.5 Å². The van der Waals surface area contributed by atoms with E-state index in [0.29, 0.717) is 24.7 Å². The summed E-state index contributed by atoms with van der Waals surface area (Å²) in [5.41, 5.74) is 0.780. The highest BCUT2D eigenvalue weighted by atomic mass is 35.5. The number of hydrogen-bond donors (Lipinski definition) is 1. The Morgan fingerprint density at radius 1 is 1.39 bits per heavy atom. The number of hydrogen-bond acceptors (Lipinski definition) is 5. The number of sulfone groups is 1. The first-order valence-corrected chi connectivity index (χ1v) is 7.96. The van der Waals surface area contributed by atoms with Crippen LogP contribution in [0.25, 0.3) is 0 Å². The number of halogens is 1. The molecule has 0 atom stereocenters. The molecule has 1 aromatic heterocycles. The lowest BCUT2D eigenvalue weighted by Gasteiger charge is -2.26. The SMILES string of the molecule is CNc1ccc(Cl)c(CN2CCS(=O)(=O)CC2)n1. The third-order valence-corrected chi connectivity index (χ3v) is 4.94. The fourth-order valence-electron chi connectivity index (χ4n) is 1.85. The van der Waals surface area contributed by atoms with Gasteiger partial charge in [0.15, 0.2) is 9.84 Å². The van der Waals surface area contributed by atoms with E-state index >= 15 is 0 Å². The summed E-state index contributed by atoms with van der Waals surface area (Å²) in [6.07, 6.45) is 0. The number of pyridine rings is 1. The van der Waals surface area contributed by atoms with E-state index in [1.54, 1.807) is 13.1 Å². The fourth-order valence-corrected chi connectivity index (χ4v) is 3.30. The molecule has 2 rings (SSSR count). The molecule has 1 aromatic rings. The van der Waals surface area contributed by atoms with Crippen LogP contribution in [-0.4, -0.2) is 49.9 Å². The van der Waals surface area contributed by atoms with Crippen molar-refractivity contribution in [3.05, 3.63) is 22.8 Å². The van der Waals surface area contributed by atoms with Crippen molar-refractivity contribution in [3.63, 3.8) is 0 Å². The van der Waals surface area contributed by atoms with E-state index in [2.05, 4.69) is 15.2 Å². The first-order chi connectivity index (χ1) is 8.50. The first kappa shape index (κ1) is 13.6. The van der Waals surface area contributed by atoms with Gasteiger partial charge in [0, 0.05) is 26.7 Å². The quantitative estimate of drug-likeness (QED) is 0.900. The molecular weight excluding hydrogens is 274 g/mol. The highest BCUT2D eigenvalue weighted by Crippen LogP contribution is 2.19. The minimum absolute atomic E-state index is 0.219. The molecular formula is C11H16ClN3O2S. The highest BCUT2D eigenvalue weighted by molar-refractivity contribution is 7.91. The molecule has 1 N–H and O–H groups in total. The predicted octanol–water partition coefficient (Wildman–Crippen LogP) is 1.01. The molecule has 100 valence electrons. The van der Waals surface area contributed by atoms with Gasteiger partial charge in [-0.3, -0.25) is 4.90 Å². The Morgan fingerprint density at radius 2 is 2.06 bits per heavy atom. The zero-order chi connectivity index (χ0) is 13.2. The summed E-state index contributed by atoms with van der Waals surface area (Å²) < 4.78 is 22.7. The van der Waals surface area contributed by atoms with Gasteiger partial charge in [0.05, 0.1) is 22.2 Å². The second kappa shape index (κ2) is 5.42. The van der Waals surface area contributed by atoms with Gasteiger partial charge in [-0.15, -0.1) is 0 Å². The van der Waals surface area contributed by atoms with Crippen LogP contribution >= 0.6 is 11.6 Å². The van der Waals surface area contributed by atoms with Crippen molar-refractivity contribution < 1.29 is 8.42 Å². The lowest BCUT2D eigenvalue weighted by molar-refractivity contribution is 0.284. The molecule has 0 radical (unpaired) electrons. The van der Waals surface area contributed by atoms with E-state index in [1.165, 1.54) is 0 Å². The first-order valence-electron chi connectivity index (χ1n) is 5.76. The van der Waals surface area contributed by atoms with Gasteiger partial charge in [0.1, 0.15) is 5.82 Å². The molecule has 1 aliphatic rings. The van der Waals surface area contributed by atoms with Crippen LogP contribution in [0.5, 0.6) is 0 Å². The Kier molecular flexibility index (Phi) is 4.09. The monoisotopic (exact) mass is 289 g/mol. The molecule has 0 spiro atoms. The van der Waals surface area contributed by atoms with Gasteiger partial charge in [0.25, 0.3) is 0 Å². The van der Waals surface area contributed by atoms with Crippen molar-refractivity contribution in [3.8, 4) is 0 Å². The van der Waals surface area contributed by atoms with E-state index in [0.717, 1.165) is 11.5 Å². The lowest BCUT2D eigenvalue weighted by Crippen LogP contribution is -2.39. The van der Waals surface area contributed by atoms with Crippen molar-refractivity contribution in [2.45, 2.75) is 6.54 Å². The summed E-state index contributed by atoms with van der Waals surface area (Å²) in [6.45, 7) is 1.68. The summed E-state index contributed by atoms with van der Waals surface area (Å²) in [7, 11) is -1.04. The van der Waals surface area contributed by atoms with E-state index < -0.39 is 9.84 Å². The van der Waals surface area contributed by atoms with Crippen LogP contribution in [0.3, 0.4) is 0 Å². The number of nitrogens with zero attached hydrogens (tertiary/aromatic N) is 2. The largest absolute Gasteiger partial charge is 0.373 e. The molecule has 1 fully saturated rings. The van der Waals surface area contributed by atoms with Crippen LogP contribution in [0.2, 0.25) is 5.02 Å². The van der Waals surface area contributed by atoms with E-state index in [1.807, 2.05) is 6.07 Å². The third kappa shape index (κ3) is 3.34. The maximum atomic E-state index is 11.3. The van der Waals surface area contributed by atoms with Gasteiger partial charge >= 0.3 is 0 Å². The second-order valence-electron chi connectivity index (χ2n) is 4.30. The Hall–Kier alpha value is -0.850. The molecule has 1 aliphatic heterocycles. The molecule has 0 aromatic carbocycles. The number of nitrogens with one attached hydrogen (secondary N) is 1. The highest BCUT2D eigenvalue weighted by Gasteiger charge is 2.22. The Balaban J connectivity index is 2.06. The van der Waals surface area contributed by atoms with Crippen molar-refractivity contribution >= 4 is 27.3 Å². The van der Waals surface area contributed by atoms with Crippen LogP contribution in [0.15, 0.2) is 12.1 Å². The summed E-state index contributed by atoms with van der Waals surface area (Å²) in [5, 5.41) is 3.57. The normalized spacial score (nSPS) is 19.7. The number of anilines is 1. The van der Waals surface area contributed by atoms with Crippen molar-refractivity contribution in [1.82, 2.24) is 9.88 Å². The maximum absolute atomic E-state index is 11.3. The second-order valence-corrected chi connectivity index (χ2v) is 7.01. The zero-order valence-electron chi connectivity index (χ0n) is 10.2. The number of rotatable bonds is 3. The van der Waals surface area contributed by atoms with Gasteiger partial charge in [0.2, 0.25) is 0 Å². The van der Waals surface area contributed by atoms with Gasteiger partial charge in [-0.2, -0.15) is 0 Å². The minimum atomic E-state index is -2.84. The van der Waals surface area contributed by atoms with Crippen LogP contribution in [-0.2, 0) is 16.4 Å². The third-order valence-electron chi connectivity index (χ3n) is 2.99. The smallest absolute Gasteiger partial charge is 0.152 e. The minimum Gasteiger partial charge on any atom is -0.373 e. The average molecular weight is 290 g/mol. The molecule has 2 heterocycles. The van der Waals surface area contributed by atoms with Crippen LogP contribution in [0.1, 0.15) is 5.69 Å². The van der Waals surface area contributed by atoms with Gasteiger partial charge < -0.3 is 5.32 Å². The summed E-state index contributed by atoms with van der Waals surface area (Å²) in [4.78, 5) is 6.45. The Bertz CT molecular complexity index is 519. The lowest BCUT2D eigenvalue weighted by atomic mass is 10.3. The molecule has 0 unspecified atom stereocenters. The molecule has 7 heteroatoms. The Labute approximate surface area is 112 Å². The molecule has 0 aliphatic carbocycles. The molecule has 18 heavy (non-hydrogen) atoms. The van der Waals surface area contributed by atoms with Crippen molar-refractivity contribution in [2.24, 2.45) is 0 Å². The molecule has 0 amide bonds. The Morgan fingerprint density at radius 3 is 2.67 bits per heavy atom. The van der Waals surface area contributed by atoms with Gasteiger partial charge in [-0.05, 0) is 12.1 Å². The summed E-state index contributed by atoms with van der Waals surface area (Å²) in [6, 6.07) is 3.61. The predicted molar refractivity (Wildman–Crippen MR) is 72.7 cm³/mol. The summed E-state index contributed by atoms with van der Waals surface area (Å²) in [5.74, 6) is 1.20. The van der Waals surface area contributed by atoms with Crippen LogP contribution in [0, 0.1) is 0 Å². The van der Waals surface area contributed by atoms with E-state index in [4.69, 9.17) is 11.6 Å². The van der Waals surface area contributed by atoms with Gasteiger partial charge in [-0.1, -0.05) is 11.6 Å². The van der Waals surface area contributed by atoms with Crippen LogP contribution in [0.4, 0.5) is 5.82 Å². The maximum Gasteiger partial charge on any atom is 0.152 e. The fraction of sp³-hybridized carbons (Fsp3) is 0.545. The molecule has 1 saturated heterocycles. The van der Waals surface area contributed by atoms with Crippen LogP contribution < -0.4 is 5.32 Å². The summed E-state index contributed by atoms with van der Waals surface area (Å²) >= 11 is 6.09. The number of aromatic nitrogens is 1. The molecule has 5 nitrogen and oxygen atoms in total. The topological polar surface area (TPSA) is 62.3 Å². The van der Waals surface area contributed by atoms with E-state index in [9.17, 15) is 8.42 Å². The molecule has 0 saturated carbocycles. The molecule has 0 bridgehead atoms. The van der Waals surface area contributed by atoms with Crippen molar-refractivity contribution in [2.75, 3.05) is 37.0 Å². The average Bonchev–Trinajstić information content (AvgIpc) is 2.34. The zero-order valence-corrected chi connectivity index (χ0v) is 11.8. The van der Waals surface area contributed by atoms with Crippen molar-refractivity contribution in [1.29, 1.82) is 0 Å². The van der Waals surface area contributed by atoms with Gasteiger partial charge in [-0.25, -0.2) is 13.4 Å².